The molecule has 3 aromatic rings. The van der Waals surface area contributed by atoms with Crippen molar-refractivity contribution in [3.8, 4) is 5.75 Å². The van der Waals surface area contributed by atoms with Crippen LogP contribution in [0.15, 0.2) is 78.4 Å². The molecule has 0 unspecified atom stereocenters. The summed E-state index contributed by atoms with van der Waals surface area (Å²) in [4.78, 5) is 38.7. The van der Waals surface area contributed by atoms with E-state index in [1.165, 1.54) is 6.08 Å². The van der Waals surface area contributed by atoms with Crippen LogP contribution >= 0.6 is 23.2 Å². The molecule has 1 fully saturated rings. The fraction of sp³-hybridized carbons (Fsp3) is 0.0417. The molecule has 32 heavy (non-hydrogen) atoms. The van der Waals surface area contributed by atoms with Gasteiger partial charge in [-0.2, -0.15) is 0 Å². The normalized spacial score (nSPS) is 15.1. The third kappa shape index (κ3) is 4.51. The number of carbonyl (C=O) groups excluding carboxylic acids is 3. The van der Waals surface area contributed by atoms with Gasteiger partial charge in [-0.05, 0) is 42.0 Å². The second-order valence-electron chi connectivity index (χ2n) is 6.87. The zero-order valence-corrected chi connectivity index (χ0v) is 18.1. The Morgan fingerprint density at radius 1 is 0.875 bits per heavy atom. The predicted octanol–water partition coefficient (Wildman–Crippen LogP) is 5.24. The van der Waals surface area contributed by atoms with Crippen LogP contribution in [-0.2, 0) is 16.2 Å². The van der Waals surface area contributed by atoms with Gasteiger partial charge in [0.05, 0.1) is 15.7 Å². The summed E-state index contributed by atoms with van der Waals surface area (Å²) in [7, 11) is 0. The average molecular weight is 467 g/mol. The van der Waals surface area contributed by atoms with Crippen LogP contribution in [0.25, 0.3) is 6.08 Å². The molecule has 160 valence electrons. The third-order valence-corrected chi connectivity index (χ3v) is 5.45. The predicted molar refractivity (Wildman–Crippen MR) is 123 cm³/mol. The number of barbiturate groups is 1. The van der Waals surface area contributed by atoms with Crippen LogP contribution in [0.3, 0.4) is 0 Å². The summed E-state index contributed by atoms with van der Waals surface area (Å²) in [6, 6.07) is 19.7. The molecule has 4 rings (SSSR count). The van der Waals surface area contributed by atoms with Gasteiger partial charge in [0.1, 0.15) is 17.9 Å². The molecule has 3 aromatic carbocycles. The van der Waals surface area contributed by atoms with Gasteiger partial charge < -0.3 is 4.74 Å². The van der Waals surface area contributed by atoms with Gasteiger partial charge in [-0.1, -0.05) is 65.7 Å². The molecule has 8 heteroatoms. The summed E-state index contributed by atoms with van der Waals surface area (Å²) >= 11 is 12.0. The van der Waals surface area contributed by atoms with Crippen LogP contribution in [0.4, 0.5) is 10.5 Å². The van der Waals surface area contributed by atoms with E-state index in [1.807, 2.05) is 0 Å². The van der Waals surface area contributed by atoms with Crippen molar-refractivity contribution in [2.45, 2.75) is 6.61 Å². The largest absolute Gasteiger partial charge is 0.488 e. The Bertz CT molecular complexity index is 1240. The molecular weight excluding hydrogens is 451 g/mol. The molecule has 1 aliphatic rings. The van der Waals surface area contributed by atoms with E-state index in [2.05, 4.69) is 5.32 Å². The van der Waals surface area contributed by atoms with Gasteiger partial charge in [0.25, 0.3) is 11.8 Å². The number of benzene rings is 3. The zero-order chi connectivity index (χ0) is 22.7. The first kappa shape index (κ1) is 21.6. The number of anilines is 1. The van der Waals surface area contributed by atoms with Crippen LogP contribution in [0.1, 0.15) is 11.1 Å². The standard InChI is InChI=1S/C24H16Cl2N2O4/c25-19-11-10-15(12-20(19)26)14-32-21-9-5-4-6-16(21)13-18-22(29)27-24(31)28(23(18)30)17-7-2-1-3-8-17/h1-13H,14H2,(H,27,29,31)/b18-13+. The fourth-order valence-corrected chi connectivity index (χ4v) is 3.47. The van der Waals surface area contributed by atoms with E-state index in [0.717, 1.165) is 10.5 Å². The SMILES string of the molecule is O=C1NC(=O)N(c2ccccc2)C(=O)/C1=C/c1ccccc1OCc1ccc(Cl)c(Cl)c1. The maximum Gasteiger partial charge on any atom is 0.335 e. The van der Waals surface area contributed by atoms with Gasteiger partial charge in [0.15, 0.2) is 0 Å². The van der Waals surface area contributed by atoms with Crippen molar-refractivity contribution in [3.63, 3.8) is 0 Å². The summed E-state index contributed by atoms with van der Waals surface area (Å²) in [5, 5.41) is 3.07. The molecule has 1 aliphatic heterocycles. The molecule has 1 heterocycles. The van der Waals surface area contributed by atoms with Crippen molar-refractivity contribution >= 4 is 52.8 Å². The lowest BCUT2D eigenvalue weighted by atomic mass is 10.1. The van der Waals surface area contributed by atoms with E-state index in [9.17, 15) is 14.4 Å². The molecule has 6 nitrogen and oxygen atoms in total. The molecular formula is C24H16Cl2N2O4. The van der Waals surface area contributed by atoms with Gasteiger partial charge in [-0.3, -0.25) is 14.9 Å². The van der Waals surface area contributed by atoms with Crippen molar-refractivity contribution in [1.29, 1.82) is 0 Å². The van der Waals surface area contributed by atoms with Crippen LogP contribution in [0, 0.1) is 0 Å². The van der Waals surface area contributed by atoms with Gasteiger partial charge in [0.2, 0.25) is 0 Å². The minimum atomic E-state index is -0.799. The number of ether oxygens (including phenoxy) is 1. The first-order valence-corrected chi connectivity index (χ1v) is 10.3. The van der Waals surface area contributed by atoms with E-state index >= 15 is 0 Å². The van der Waals surface area contributed by atoms with Crippen molar-refractivity contribution < 1.29 is 19.1 Å². The number of imide groups is 2. The molecule has 0 aromatic heterocycles. The third-order valence-electron chi connectivity index (χ3n) is 4.71. The zero-order valence-electron chi connectivity index (χ0n) is 16.5. The van der Waals surface area contributed by atoms with E-state index in [4.69, 9.17) is 27.9 Å². The van der Waals surface area contributed by atoms with Crippen LogP contribution in [-0.4, -0.2) is 17.8 Å². The number of para-hydroxylation sites is 2. The quantitative estimate of drug-likeness (QED) is 0.412. The number of carbonyl (C=O) groups is 3. The number of rotatable bonds is 5. The first-order valence-electron chi connectivity index (χ1n) is 9.56. The van der Waals surface area contributed by atoms with Crippen LogP contribution in [0.2, 0.25) is 10.0 Å². The summed E-state index contributed by atoms with van der Waals surface area (Å²) < 4.78 is 5.89. The highest BCUT2D eigenvalue weighted by molar-refractivity contribution is 6.42. The minimum Gasteiger partial charge on any atom is -0.488 e. The Kier molecular flexibility index (Phi) is 6.25. The lowest BCUT2D eigenvalue weighted by Crippen LogP contribution is -2.54. The summed E-state index contributed by atoms with van der Waals surface area (Å²) in [6.07, 6.45) is 1.41. The molecule has 0 bridgehead atoms. The Morgan fingerprint density at radius 2 is 1.59 bits per heavy atom. The number of hydrogen-bond donors (Lipinski definition) is 1. The maximum atomic E-state index is 13.0. The molecule has 1 saturated heterocycles. The molecule has 0 radical (unpaired) electrons. The van der Waals surface area contributed by atoms with Crippen molar-refractivity contribution in [2.24, 2.45) is 0 Å². The Hall–Kier alpha value is -3.61. The van der Waals surface area contributed by atoms with E-state index < -0.39 is 17.8 Å². The lowest BCUT2D eigenvalue weighted by Gasteiger charge is -2.26. The minimum absolute atomic E-state index is 0.181. The molecule has 0 aliphatic carbocycles. The van der Waals surface area contributed by atoms with E-state index in [0.29, 0.717) is 27.0 Å². The molecule has 1 N–H and O–H groups in total. The van der Waals surface area contributed by atoms with Gasteiger partial charge in [-0.25, -0.2) is 9.69 Å². The van der Waals surface area contributed by atoms with E-state index in [1.54, 1.807) is 72.8 Å². The molecule has 0 spiro atoms. The highest BCUT2D eigenvalue weighted by Gasteiger charge is 2.36. The smallest absolute Gasteiger partial charge is 0.335 e. The van der Waals surface area contributed by atoms with Crippen molar-refractivity contribution in [1.82, 2.24) is 5.32 Å². The topological polar surface area (TPSA) is 75.7 Å². The number of urea groups is 1. The van der Waals surface area contributed by atoms with Crippen LogP contribution < -0.4 is 15.0 Å². The lowest BCUT2D eigenvalue weighted by molar-refractivity contribution is -0.122. The summed E-state index contributed by atoms with van der Waals surface area (Å²) in [6.45, 7) is 0.200. The molecule has 0 saturated carbocycles. The summed E-state index contributed by atoms with van der Waals surface area (Å²) in [5.74, 6) is -1.04. The number of hydrogen-bond acceptors (Lipinski definition) is 4. The number of nitrogens with one attached hydrogen (secondary N) is 1. The maximum absolute atomic E-state index is 13.0. The molecule has 0 atom stereocenters. The molecule has 4 amide bonds. The monoisotopic (exact) mass is 466 g/mol. The van der Waals surface area contributed by atoms with Gasteiger partial charge in [0, 0.05) is 5.56 Å². The second kappa shape index (κ2) is 9.26. The Labute approximate surface area is 194 Å². The number of amides is 4. The Balaban J connectivity index is 1.62. The van der Waals surface area contributed by atoms with Gasteiger partial charge in [-0.15, -0.1) is 0 Å². The second-order valence-corrected chi connectivity index (χ2v) is 7.68. The average Bonchev–Trinajstić information content (AvgIpc) is 2.78. The van der Waals surface area contributed by atoms with Crippen molar-refractivity contribution in [2.75, 3.05) is 4.90 Å². The fourth-order valence-electron chi connectivity index (χ4n) is 3.15. The first-order chi connectivity index (χ1) is 15.4. The highest BCUT2D eigenvalue weighted by Crippen LogP contribution is 2.27. The highest BCUT2D eigenvalue weighted by atomic mass is 35.5. The Morgan fingerprint density at radius 3 is 2.34 bits per heavy atom. The van der Waals surface area contributed by atoms with Gasteiger partial charge >= 0.3 is 6.03 Å². The van der Waals surface area contributed by atoms with Crippen molar-refractivity contribution in [3.05, 3.63) is 99.5 Å². The number of nitrogens with zero attached hydrogens (tertiary/aromatic N) is 1. The summed E-state index contributed by atoms with van der Waals surface area (Å²) in [5.41, 5.74) is 1.49. The number of halogens is 2. The van der Waals surface area contributed by atoms with Crippen LogP contribution in [0.5, 0.6) is 5.75 Å². The van der Waals surface area contributed by atoms with E-state index in [-0.39, 0.29) is 12.2 Å².